The molecule has 1 aromatic heterocycles. The molecule has 0 spiro atoms. The second-order valence-corrected chi connectivity index (χ2v) is 14.5. The van der Waals surface area contributed by atoms with E-state index in [2.05, 4.69) is 75.4 Å². The lowest BCUT2D eigenvalue weighted by atomic mass is 10.00. The second-order valence-electron chi connectivity index (χ2n) is 9.35. The van der Waals surface area contributed by atoms with Crippen LogP contribution >= 0.6 is 0 Å². The fourth-order valence-corrected chi connectivity index (χ4v) is 8.22. The van der Waals surface area contributed by atoms with Crippen LogP contribution in [0.25, 0.3) is 11.1 Å². The fourth-order valence-electron chi connectivity index (χ4n) is 4.89. The zero-order chi connectivity index (χ0) is 24.4. The molecule has 1 heterocycles. The molecule has 3 aromatic rings. The molecular weight excluding hydrogens is 436 g/mol. The number of aryl methyl sites for hydroxylation is 1. The largest absolute Gasteiger partial charge is 0.474 e. The van der Waals surface area contributed by atoms with Crippen LogP contribution in [0.5, 0.6) is 0 Å². The molecule has 3 nitrogen and oxygen atoms in total. The lowest BCUT2D eigenvalue weighted by Crippen LogP contribution is -2.44. The van der Waals surface area contributed by atoms with Crippen LogP contribution in [-0.2, 0) is 16.0 Å². The van der Waals surface area contributed by atoms with Gasteiger partial charge in [0.05, 0.1) is 11.6 Å². The van der Waals surface area contributed by atoms with Gasteiger partial charge in [0.25, 0.3) is 0 Å². The minimum absolute atomic E-state index is 0.211. The van der Waals surface area contributed by atoms with E-state index >= 15 is 0 Å². The smallest absolute Gasteiger partial charge is 0.303 e. The molecule has 0 saturated heterocycles. The van der Waals surface area contributed by atoms with Crippen LogP contribution in [0.2, 0.25) is 18.1 Å². The minimum atomic E-state index is -1.57. The van der Waals surface area contributed by atoms with Crippen molar-refractivity contribution in [3.63, 3.8) is 0 Å². The SMILES string of the molecule is CC[Si](CC)(CC)c1cc(C(CCCCCc2ccc(-c3ccccc3)cc2)OC(C)=O)co1. The van der Waals surface area contributed by atoms with Crippen LogP contribution in [-0.4, -0.2) is 14.0 Å². The summed E-state index contributed by atoms with van der Waals surface area (Å²) in [5.41, 5.74) is 4.91. The molecule has 0 bridgehead atoms. The summed E-state index contributed by atoms with van der Waals surface area (Å²) in [7, 11) is -1.57. The Kier molecular flexibility index (Phi) is 9.76. The van der Waals surface area contributed by atoms with Crippen LogP contribution in [0.3, 0.4) is 0 Å². The first kappa shape index (κ1) is 26.0. The van der Waals surface area contributed by atoms with Gasteiger partial charge in [0.1, 0.15) is 14.2 Å². The summed E-state index contributed by atoms with van der Waals surface area (Å²) >= 11 is 0. The van der Waals surface area contributed by atoms with Gasteiger partial charge < -0.3 is 9.15 Å². The van der Waals surface area contributed by atoms with E-state index in [9.17, 15) is 4.79 Å². The Morgan fingerprint density at radius 3 is 2.15 bits per heavy atom. The van der Waals surface area contributed by atoms with Crippen LogP contribution in [0.4, 0.5) is 0 Å². The second kappa shape index (κ2) is 12.8. The Morgan fingerprint density at radius 1 is 0.882 bits per heavy atom. The van der Waals surface area contributed by atoms with Gasteiger partial charge in [-0.15, -0.1) is 0 Å². The summed E-state index contributed by atoms with van der Waals surface area (Å²) in [6, 6.07) is 25.1. The summed E-state index contributed by atoms with van der Waals surface area (Å²) in [6.07, 6.45) is 6.80. The normalized spacial score (nSPS) is 12.5. The minimum Gasteiger partial charge on any atom is -0.474 e. The lowest BCUT2D eigenvalue weighted by Gasteiger charge is -2.24. The zero-order valence-corrected chi connectivity index (χ0v) is 22.3. The van der Waals surface area contributed by atoms with Gasteiger partial charge >= 0.3 is 5.97 Å². The Balaban J connectivity index is 1.52. The van der Waals surface area contributed by atoms with Crippen molar-refractivity contribution in [2.45, 2.75) is 84.0 Å². The third kappa shape index (κ3) is 6.72. The molecule has 0 radical (unpaired) electrons. The van der Waals surface area contributed by atoms with Crippen molar-refractivity contribution in [3.8, 4) is 11.1 Å². The van der Waals surface area contributed by atoms with Gasteiger partial charge in [-0.1, -0.05) is 99.9 Å². The fraction of sp³-hybridized carbons (Fsp3) is 0.433. The quantitative estimate of drug-likeness (QED) is 0.142. The highest BCUT2D eigenvalue weighted by molar-refractivity contribution is 6.90. The molecule has 0 N–H and O–H groups in total. The van der Waals surface area contributed by atoms with Gasteiger partial charge in [0, 0.05) is 12.5 Å². The molecule has 3 rings (SSSR count). The predicted molar refractivity (Wildman–Crippen MR) is 144 cm³/mol. The number of ether oxygens (including phenoxy) is 1. The zero-order valence-electron chi connectivity index (χ0n) is 21.3. The average molecular weight is 477 g/mol. The number of benzene rings is 2. The standard InChI is InChI=1S/C30H40O3Si/c1-5-34(6-2,7-3)30-22-28(23-32-30)29(33-24(4)31)17-13-8-10-14-25-18-20-27(21-19-25)26-15-11-9-12-16-26/h9,11-12,15-16,18-23,29H,5-8,10,13-14,17H2,1-4H3. The summed E-state index contributed by atoms with van der Waals surface area (Å²) in [5, 5.41) is 1.16. The van der Waals surface area contributed by atoms with E-state index in [1.54, 1.807) is 0 Å². The molecule has 0 amide bonds. The van der Waals surface area contributed by atoms with E-state index < -0.39 is 8.07 Å². The maximum absolute atomic E-state index is 11.8. The molecule has 4 heteroatoms. The van der Waals surface area contributed by atoms with E-state index in [1.807, 2.05) is 12.3 Å². The van der Waals surface area contributed by atoms with Gasteiger partial charge in [-0.05, 0) is 48.4 Å². The summed E-state index contributed by atoms with van der Waals surface area (Å²) in [5.74, 6) is -0.226. The van der Waals surface area contributed by atoms with Crippen LogP contribution in [0, 0.1) is 0 Å². The molecule has 2 aromatic carbocycles. The maximum atomic E-state index is 11.8. The third-order valence-corrected chi connectivity index (χ3v) is 12.7. The van der Waals surface area contributed by atoms with E-state index in [4.69, 9.17) is 9.15 Å². The predicted octanol–water partition coefficient (Wildman–Crippen LogP) is 8.07. The van der Waals surface area contributed by atoms with E-state index in [0.29, 0.717) is 0 Å². The van der Waals surface area contributed by atoms with E-state index in [0.717, 1.165) is 43.1 Å². The van der Waals surface area contributed by atoms with Crippen molar-refractivity contribution >= 4 is 19.4 Å². The van der Waals surface area contributed by atoms with Gasteiger partial charge in [-0.2, -0.15) is 0 Å². The number of hydrogen-bond donors (Lipinski definition) is 0. The number of furan rings is 1. The first-order valence-electron chi connectivity index (χ1n) is 12.9. The molecule has 182 valence electrons. The van der Waals surface area contributed by atoms with Crippen molar-refractivity contribution in [2.75, 3.05) is 0 Å². The highest BCUT2D eigenvalue weighted by atomic mass is 28.3. The molecule has 0 fully saturated rings. The monoisotopic (exact) mass is 476 g/mol. The number of hydrogen-bond acceptors (Lipinski definition) is 3. The van der Waals surface area contributed by atoms with Crippen molar-refractivity contribution in [1.82, 2.24) is 0 Å². The summed E-state index contributed by atoms with van der Waals surface area (Å²) in [6.45, 7) is 8.33. The van der Waals surface area contributed by atoms with Gasteiger partial charge in [-0.25, -0.2) is 0 Å². The Morgan fingerprint density at radius 2 is 1.53 bits per heavy atom. The summed E-state index contributed by atoms with van der Waals surface area (Å²) < 4.78 is 11.8. The molecule has 0 aliphatic rings. The van der Waals surface area contributed by atoms with Crippen molar-refractivity contribution in [2.24, 2.45) is 0 Å². The maximum Gasteiger partial charge on any atom is 0.303 e. The topological polar surface area (TPSA) is 39.4 Å². The van der Waals surface area contributed by atoms with Gasteiger partial charge in [0.2, 0.25) is 0 Å². The molecule has 1 unspecified atom stereocenters. The highest BCUT2D eigenvalue weighted by Crippen LogP contribution is 2.28. The molecule has 0 aliphatic carbocycles. The van der Waals surface area contributed by atoms with Crippen molar-refractivity contribution < 1.29 is 13.9 Å². The summed E-state index contributed by atoms with van der Waals surface area (Å²) in [4.78, 5) is 11.8. The van der Waals surface area contributed by atoms with Crippen LogP contribution in [0.1, 0.15) is 70.6 Å². The third-order valence-electron chi connectivity index (χ3n) is 7.35. The molecule has 0 aliphatic heterocycles. The Hall–Kier alpha value is -2.59. The molecule has 34 heavy (non-hydrogen) atoms. The van der Waals surface area contributed by atoms with Crippen LogP contribution in [0.15, 0.2) is 71.3 Å². The van der Waals surface area contributed by atoms with Crippen LogP contribution < -0.4 is 5.38 Å². The van der Waals surface area contributed by atoms with Crippen molar-refractivity contribution in [1.29, 1.82) is 0 Å². The van der Waals surface area contributed by atoms with Crippen molar-refractivity contribution in [3.05, 3.63) is 78.1 Å². The number of carbonyl (C=O) groups is 1. The first-order valence-corrected chi connectivity index (χ1v) is 15.5. The molecule has 1 atom stereocenters. The number of carbonyl (C=O) groups excluding carboxylic acids is 1. The van der Waals surface area contributed by atoms with Gasteiger partial charge in [-0.3, -0.25) is 4.79 Å². The first-order chi connectivity index (χ1) is 16.5. The average Bonchev–Trinajstić information content (AvgIpc) is 3.36. The Labute approximate surface area is 206 Å². The van der Waals surface area contributed by atoms with E-state index in [-0.39, 0.29) is 12.1 Å². The molecular formula is C30H40O3Si. The molecule has 0 saturated carbocycles. The number of rotatable bonds is 13. The van der Waals surface area contributed by atoms with E-state index in [1.165, 1.54) is 41.7 Å². The Bertz CT molecular complexity index is 995. The number of unbranched alkanes of at least 4 members (excludes halogenated alkanes) is 2. The highest BCUT2D eigenvalue weighted by Gasteiger charge is 2.33. The number of esters is 1. The van der Waals surface area contributed by atoms with Gasteiger partial charge in [0.15, 0.2) is 0 Å². The lowest BCUT2D eigenvalue weighted by molar-refractivity contribution is -0.147.